The summed E-state index contributed by atoms with van der Waals surface area (Å²) in [6.07, 6.45) is 3.52. The van der Waals surface area contributed by atoms with Crippen molar-refractivity contribution in [1.82, 2.24) is 20.1 Å². The monoisotopic (exact) mass is 456 g/mol. The maximum Gasteiger partial charge on any atom is 0.408 e. The van der Waals surface area contributed by atoms with Gasteiger partial charge in [-0.05, 0) is 69.4 Å². The van der Waals surface area contributed by atoms with Gasteiger partial charge in [0.25, 0.3) is 0 Å². The van der Waals surface area contributed by atoms with Crippen LogP contribution in [0.15, 0.2) is 36.7 Å². The lowest BCUT2D eigenvalue weighted by Crippen LogP contribution is -2.52. The molecule has 3 aromatic rings. The number of ether oxygens (including phenoxy) is 2. The molecule has 0 unspecified atom stereocenters. The molecule has 0 fully saturated rings. The van der Waals surface area contributed by atoms with E-state index in [1.165, 1.54) is 6.07 Å². The molecule has 178 valence electrons. The first-order chi connectivity index (χ1) is 15.4. The van der Waals surface area contributed by atoms with E-state index >= 15 is 0 Å². The van der Waals surface area contributed by atoms with Crippen LogP contribution in [0.2, 0.25) is 0 Å². The van der Waals surface area contributed by atoms with Gasteiger partial charge in [-0.2, -0.15) is 5.10 Å². The molecule has 0 radical (unpaired) electrons. The lowest BCUT2D eigenvalue weighted by Gasteiger charge is -2.33. The minimum atomic E-state index is -0.728. The van der Waals surface area contributed by atoms with Crippen molar-refractivity contribution >= 4 is 17.1 Å². The van der Waals surface area contributed by atoms with Crippen molar-refractivity contribution in [2.75, 3.05) is 6.61 Å². The third kappa shape index (κ3) is 6.21. The fraction of sp³-hybridized carbons (Fsp3) is 0.480. The van der Waals surface area contributed by atoms with Gasteiger partial charge in [-0.3, -0.25) is 4.68 Å². The molecule has 2 heterocycles. The van der Waals surface area contributed by atoms with Crippen LogP contribution in [0.5, 0.6) is 5.75 Å². The van der Waals surface area contributed by atoms with Gasteiger partial charge < -0.3 is 14.8 Å². The fourth-order valence-corrected chi connectivity index (χ4v) is 3.92. The summed E-state index contributed by atoms with van der Waals surface area (Å²) in [6, 6.07) is 6.69. The number of aryl methyl sites for hydroxylation is 1. The smallest absolute Gasteiger partial charge is 0.408 e. The minimum absolute atomic E-state index is 0.1000. The molecule has 2 aromatic heterocycles. The predicted octanol–water partition coefficient (Wildman–Crippen LogP) is 5.48. The number of nitrogens with one attached hydrogen (secondary N) is 1. The second-order valence-corrected chi connectivity index (χ2v) is 10.1. The standard InChI is InChI=1S/C25H33FN4O3/c1-16(2)13-25(6,29-23(31)33-24(3,4)5)15-32-21-9-8-17(12-20(21)26)18-10-11-27-22-19(18)14-28-30(22)7/h8-12,14,16H,13,15H2,1-7H3,(H,29,31)/t25-/m0/s1. The van der Waals surface area contributed by atoms with E-state index in [9.17, 15) is 9.18 Å². The number of nitrogens with zero attached hydrogens (tertiary/aromatic N) is 3. The molecule has 1 N–H and O–H groups in total. The van der Waals surface area contributed by atoms with Gasteiger partial charge in [0, 0.05) is 18.6 Å². The van der Waals surface area contributed by atoms with Crippen molar-refractivity contribution < 1.29 is 18.7 Å². The van der Waals surface area contributed by atoms with Gasteiger partial charge in [0.1, 0.15) is 12.2 Å². The number of amides is 1. The molecule has 0 bridgehead atoms. The number of carbonyl (C=O) groups excluding carboxylic acids is 1. The van der Waals surface area contributed by atoms with E-state index in [-0.39, 0.29) is 18.3 Å². The van der Waals surface area contributed by atoms with Crippen molar-refractivity contribution in [3.05, 3.63) is 42.5 Å². The largest absolute Gasteiger partial charge is 0.488 e. The number of alkyl carbamates (subject to hydrolysis) is 1. The molecular formula is C25H33FN4O3. The average molecular weight is 457 g/mol. The molecule has 33 heavy (non-hydrogen) atoms. The highest BCUT2D eigenvalue weighted by Crippen LogP contribution is 2.31. The Morgan fingerprint density at radius 2 is 1.94 bits per heavy atom. The Bertz CT molecular complexity index is 1140. The van der Waals surface area contributed by atoms with E-state index in [0.717, 1.165) is 16.6 Å². The zero-order valence-electron chi connectivity index (χ0n) is 20.4. The van der Waals surface area contributed by atoms with Crippen molar-refractivity contribution in [3.63, 3.8) is 0 Å². The molecule has 1 aromatic carbocycles. The maximum absolute atomic E-state index is 15.0. The van der Waals surface area contributed by atoms with Gasteiger partial charge in [0.2, 0.25) is 0 Å². The van der Waals surface area contributed by atoms with Crippen LogP contribution >= 0.6 is 0 Å². The molecule has 1 amide bonds. The molecule has 8 heteroatoms. The van der Waals surface area contributed by atoms with Crippen LogP contribution in [0, 0.1) is 11.7 Å². The third-order valence-corrected chi connectivity index (χ3v) is 5.09. The van der Waals surface area contributed by atoms with Gasteiger partial charge in [-0.25, -0.2) is 14.2 Å². The van der Waals surface area contributed by atoms with Crippen molar-refractivity contribution in [2.24, 2.45) is 13.0 Å². The highest BCUT2D eigenvalue weighted by Gasteiger charge is 2.31. The summed E-state index contributed by atoms with van der Waals surface area (Å²) < 4.78 is 27.9. The van der Waals surface area contributed by atoms with Gasteiger partial charge in [-0.1, -0.05) is 19.9 Å². The van der Waals surface area contributed by atoms with E-state index in [1.807, 2.05) is 40.8 Å². The zero-order chi connectivity index (χ0) is 24.4. The molecule has 0 aliphatic rings. The first-order valence-electron chi connectivity index (χ1n) is 11.1. The molecule has 0 saturated heterocycles. The van der Waals surface area contributed by atoms with Crippen LogP contribution in [0.3, 0.4) is 0 Å². The summed E-state index contributed by atoms with van der Waals surface area (Å²) in [5.41, 5.74) is 0.935. The summed E-state index contributed by atoms with van der Waals surface area (Å²) in [5, 5.41) is 7.99. The molecule has 0 aliphatic heterocycles. The summed E-state index contributed by atoms with van der Waals surface area (Å²) in [6.45, 7) is 11.5. The maximum atomic E-state index is 15.0. The number of rotatable bonds is 7. The van der Waals surface area contributed by atoms with Gasteiger partial charge in [-0.15, -0.1) is 0 Å². The van der Waals surface area contributed by atoms with Crippen LogP contribution in [0.4, 0.5) is 9.18 Å². The number of benzene rings is 1. The lowest BCUT2D eigenvalue weighted by atomic mass is 9.91. The number of fused-ring (bicyclic) bond motifs is 1. The number of halogens is 1. The lowest BCUT2D eigenvalue weighted by molar-refractivity contribution is 0.0406. The normalized spacial score (nSPS) is 13.7. The van der Waals surface area contributed by atoms with Crippen LogP contribution in [0.25, 0.3) is 22.2 Å². The predicted molar refractivity (Wildman–Crippen MR) is 127 cm³/mol. The first-order valence-corrected chi connectivity index (χ1v) is 11.1. The average Bonchev–Trinajstić information content (AvgIpc) is 3.06. The molecule has 0 aliphatic carbocycles. The summed E-state index contributed by atoms with van der Waals surface area (Å²) in [7, 11) is 1.82. The molecule has 1 atom stereocenters. The van der Waals surface area contributed by atoms with E-state index in [0.29, 0.717) is 12.0 Å². The summed E-state index contributed by atoms with van der Waals surface area (Å²) in [5.74, 6) is -0.0731. The highest BCUT2D eigenvalue weighted by atomic mass is 19.1. The Morgan fingerprint density at radius 3 is 2.58 bits per heavy atom. The van der Waals surface area contributed by atoms with Crippen LogP contribution in [-0.2, 0) is 11.8 Å². The van der Waals surface area contributed by atoms with Crippen LogP contribution in [-0.4, -0.2) is 38.6 Å². The highest BCUT2D eigenvalue weighted by molar-refractivity contribution is 5.92. The second kappa shape index (κ2) is 9.37. The van der Waals surface area contributed by atoms with E-state index in [2.05, 4.69) is 29.2 Å². The Morgan fingerprint density at radius 1 is 1.21 bits per heavy atom. The Labute approximate surface area is 194 Å². The Hall–Kier alpha value is -3.16. The number of carbonyl (C=O) groups is 1. The molecular weight excluding hydrogens is 423 g/mol. The minimum Gasteiger partial charge on any atom is -0.488 e. The van der Waals surface area contributed by atoms with Gasteiger partial charge in [0.15, 0.2) is 17.2 Å². The van der Waals surface area contributed by atoms with E-state index in [1.54, 1.807) is 29.2 Å². The number of hydrogen-bond donors (Lipinski definition) is 1. The van der Waals surface area contributed by atoms with Crippen LogP contribution in [0.1, 0.15) is 48.0 Å². The summed E-state index contributed by atoms with van der Waals surface area (Å²) in [4.78, 5) is 16.7. The molecule has 3 rings (SSSR count). The van der Waals surface area contributed by atoms with E-state index < -0.39 is 23.1 Å². The fourth-order valence-electron chi connectivity index (χ4n) is 3.92. The molecule has 0 saturated carbocycles. The third-order valence-electron chi connectivity index (χ3n) is 5.09. The van der Waals surface area contributed by atoms with Crippen LogP contribution < -0.4 is 10.1 Å². The van der Waals surface area contributed by atoms with E-state index in [4.69, 9.17) is 9.47 Å². The number of pyridine rings is 1. The second-order valence-electron chi connectivity index (χ2n) is 10.1. The van der Waals surface area contributed by atoms with Crippen molar-refractivity contribution in [2.45, 2.75) is 59.1 Å². The number of aromatic nitrogens is 3. The topological polar surface area (TPSA) is 78.3 Å². The quantitative estimate of drug-likeness (QED) is 0.509. The van der Waals surface area contributed by atoms with Crippen molar-refractivity contribution in [1.29, 1.82) is 0 Å². The molecule has 0 spiro atoms. The Balaban J connectivity index is 1.78. The molecule has 7 nitrogen and oxygen atoms in total. The number of hydrogen-bond acceptors (Lipinski definition) is 5. The van der Waals surface area contributed by atoms with Gasteiger partial charge >= 0.3 is 6.09 Å². The van der Waals surface area contributed by atoms with Gasteiger partial charge in [0.05, 0.1) is 11.7 Å². The zero-order valence-corrected chi connectivity index (χ0v) is 20.4. The summed E-state index contributed by atoms with van der Waals surface area (Å²) >= 11 is 0. The first kappa shape index (κ1) is 24.5. The SMILES string of the molecule is CC(C)C[C@@](C)(COc1ccc(-c2ccnc3c2cnn3C)cc1F)NC(=O)OC(C)(C)C. The van der Waals surface area contributed by atoms with Crippen molar-refractivity contribution in [3.8, 4) is 16.9 Å². The Kier molecular flexibility index (Phi) is 6.95.